The molecule has 1 unspecified atom stereocenters. The number of pyridine rings is 1. The lowest BCUT2D eigenvalue weighted by molar-refractivity contribution is -0.142. The van der Waals surface area contributed by atoms with Gasteiger partial charge >= 0.3 is 5.97 Å². The summed E-state index contributed by atoms with van der Waals surface area (Å²) in [7, 11) is 0. The smallest absolute Gasteiger partial charge is 0.329 e. The molecule has 18 heavy (non-hydrogen) atoms. The van der Waals surface area contributed by atoms with Crippen LogP contribution in [0.15, 0.2) is 18.2 Å². The zero-order valence-electron chi connectivity index (χ0n) is 10.1. The van der Waals surface area contributed by atoms with Crippen LogP contribution in [-0.4, -0.2) is 34.1 Å². The Labute approximate surface area is 104 Å². The van der Waals surface area contributed by atoms with Crippen LogP contribution < -0.4 is 10.6 Å². The van der Waals surface area contributed by atoms with Crippen LogP contribution in [0.3, 0.4) is 0 Å². The Morgan fingerprint density at radius 2 is 2.22 bits per heavy atom. The van der Waals surface area contributed by atoms with E-state index in [0.717, 1.165) is 6.42 Å². The maximum absolute atomic E-state index is 11.4. The number of nitrogens with two attached hydrogens (primary N) is 1. The number of hydrogen-bond acceptors (Lipinski definition) is 4. The third-order valence-corrected chi connectivity index (χ3v) is 3.37. The molecule has 1 amide bonds. The van der Waals surface area contributed by atoms with E-state index in [-0.39, 0.29) is 5.69 Å². The second-order valence-corrected chi connectivity index (χ2v) is 4.58. The van der Waals surface area contributed by atoms with Crippen LogP contribution >= 0.6 is 0 Å². The van der Waals surface area contributed by atoms with Crippen LogP contribution in [0.1, 0.15) is 30.3 Å². The van der Waals surface area contributed by atoms with Gasteiger partial charge in [-0.25, -0.2) is 9.78 Å². The van der Waals surface area contributed by atoms with Gasteiger partial charge in [-0.15, -0.1) is 0 Å². The van der Waals surface area contributed by atoms with Gasteiger partial charge in [0.15, 0.2) is 0 Å². The average Bonchev–Trinajstić information content (AvgIpc) is 2.73. The first-order valence-electron chi connectivity index (χ1n) is 5.73. The quantitative estimate of drug-likeness (QED) is 0.818. The average molecular weight is 249 g/mol. The van der Waals surface area contributed by atoms with Gasteiger partial charge in [0.2, 0.25) is 0 Å². The lowest BCUT2D eigenvalue weighted by atomic mass is 9.99. The summed E-state index contributed by atoms with van der Waals surface area (Å²) in [6.07, 6.45) is 1.34. The lowest BCUT2D eigenvalue weighted by Crippen LogP contribution is -2.48. The van der Waals surface area contributed by atoms with E-state index in [1.54, 1.807) is 24.0 Å². The van der Waals surface area contributed by atoms with Crippen LogP contribution in [0.2, 0.25) is 0 Å². The molecule has 0 saturated carbocycles. The van der Waals surface area contributed by atoms with Crippen molar-refractivity contribution in [1.29, 1.82) is 0 Å². The highest BCUT2D eigenvalue weighted by Gasteiger charge is 2.44. The summed E-state index contributed by atoms with van der Waals surface area (Å²) in [5, 5.41) is 9.32. The Hall–Kier alpha value is -2.11. The molecule has 6 heteroatoms. The molecule has 6 nitrogen and oxygen atoms in total. The Morgan fingerprint density at radius 3 is 2.83 bits per heavy atom. The fourth-order valence-corrected chi connectivity index (χ4v) is 2.26. The summed E-state index contributed by atoms with van der Waals surface area (Å²) >= 11 is 0. The molecule has 1 aliphatic heterocycles. The van der Waals surface area contributed by atoms with E-state index in [9.17, 15) is 14.7 Å². The second-order valence-electron chi connectivity index (χ2n) is 4.58. The van der Waals surface area contributed by atoms with Gasteiger partial charge in [-0.3, -0.25) is 4.79 Å². The predicted octanol–water partition coefficient (Wildman–Crippen LogP) is 0.624. The molecule has 1 aromatic rings. The van der Waals surface area contributed by atoms with Gasteiger partial charge in [-0.1, -0.05) is 6.07 Å². The minimum absolute atomic E-state index is 0.145. The number of rotatable bonds is 3. The molecular formula is C12H15N3O3. The molecule has 1 fully saturated rings. The molecule has 1 saturated heterocycles. The van der Waals surface area contributed by atoms with Crippen LogP contribution in [0.4, 0.5) is 5.82 Å². The highest BCUT2D eigenvalue weighted by atomic mass is 16.4. The molecule has 3 N–H and O–H groups in total. The summed E-state index contributed by atoms with van der Waals surface area (Å²) < 4.78 is 0. The molecule has 0 aliphatic carbocycles. The Kier molecular flexibility index (Phi) is 2.94. The van der Waals surface area contributed by atoms with Gasteiger partial charge in [-0.2, -0.15) is 0 Å². The maximum atomic E-state index is 11.4. The Balaban J connectivity index is 2.39. The van der Waals surface area contributed by atoms with Gasteiger partial charge < -0.3 is 15.7 Å². The molecule has 0 spiro atoms. The number of carbonyl (C=O) groups is 2. The van der Waals surface area contributed by atoms with Gasteiger partial charge in [-0.05, 0) is 31.9 Å². The number of carboxylic acids is 1. The highest BCUT2D eigenvalue weighted by Crippen LogP contribution is 2.33. The summed E-state index contributed by atoms with van der Waals surface area (Å²) in [5.41, 5.74) is 4.35. The number of carboxylic acid groups (broad SMARTS) is 1. The van der Waals surface area contributed by atoms with E-state index in [4.69, 9.17) is 5.73 Å². The van der Waals surface area contributed by atoms with Gasteiger partial charge in [0.05, 0.1) is 0 Å². The van der Waals surface area contributed by atoms with E-state index in [2.05, 4.69) is 4.98 Å². The molecule has 0 aromatic carbocycles. The molecule has 1 aliphatic rings. The summed E-state index contributed by atoms with van der Waals surface area (Å²) in [5.74, 6) is -1.02. The molecule has 1 atom stereocenters. The zero-order valence-corrected chi connectivity index (χ0v) is 10.1. The molecule has 0 radical (unpaired) electrons. The predicted molar refractivity (Wildman–Crippen MR) is 65.4 cm³/mol. The second kappa shape index (κ2) is 4.29. The molecule has 0 bridgehead atoms. The van der Waals surface area contributed by atoms with E-state index in [1.807, 2.05) is 0 Å². The SMILES string of the molecule is CC1(C(=O)O)CCCN1c1cccc(C(N)=O)n1. The number of anilines is 1. The summed E-state index contributed by atoms with van der Waals surface area (Å²) in [6.45, 7) is 2.28. The minimum atomic E-state index is -0.969. The van der Waals surface area contributed by atoms with E-state index in [1.165, 1.54) is 6.07 Å². The number of amides is 1. The minimum Gasteiger partial charge on any atom is -0.480 e. The van der Waals surface area contributed by atoms with Gasteiger partial charge in [0, 0.05) is 6.54 Å². The largest absolute Gasteiger partial charge is 0.480 e. The summed E-state index contributed by atoms with van der Waals surface area (Å²) in [6, 6.07) is 4.86. The standard InChI is InChI=1S/C12H15N3O3/c1-12(11(17)18)6-3-7-15(12)9-5-2-4-8(14-9)10(13)16/h2,4-5H,3,6-7H2,1H3,(H2,13,16)(H,17,18). The number of aromatic nitrogens is 1. The Morgan fingerprint density at radius 1 is 1.50 bits per heavy atom. The van der Waals surface area contributed by atoms with Crippen LogP contribution in [-0.2, 0) is 4.79 Å². The summed E-state index contributed by atoms with van der Waals surface area (Å²) in [4.78, 5) is 28.3. The van der Waals surface area contributed by atoms with Crippen molar-refractivity contribution in [2.75, 3.05) is 11.4 Å². The highest BCUT2D eigenvalue weighted by molar-refractivity contribution is 5.91. The maximum Gasteiger partial charge on any atom is 0.329 e. The van der Waals surface area contributed by atoms with Crippen molar-refractivity contribution in [2.24, 2.45) is 5.73 Å². The van der Waals surface area contributed by atoms with Crippen molar-refractivity contribution in [3.05, 3.63) is 23.9 Å². The fraction of sp³-hybridized carbons (Fsp3) is 0.417. The first kappa shape index (κ1) is 12.3. The van der Waals surface area contributed by atoms with E-state index in [0.29, 0.717) is 18.8 Å². The Bertz CT molecular complexity index is 503. The van der Waals surface area contributed by atoms with Crippen molar-refractivity contribution in [3.63, 3.8) is 0 Å². The normalized spacial score (nSPS) is 23.1. The number of hydrogen-bond donors (Lipinski definition) is 2. The van der Waals surface area contributed by atoms with Crippen molar-refractivity contribution < 1.29 is 14.7 Å². The molecule has 2 heterocycles. The number of aliphatic carboxylic acids is 1. The monoisotopic (exact) mass is 249 g/mol. The topological polar surface area (TPSA) is 96.5 Å². The van der Waals surface area contributed by atoms with Crippen molar-refractivity contribution in [2.45, 2.75) is 25.3 Å². The first-order chi connectivity index (χ1) is 8.45. The third-order valence-electron chi connectivity index (χ3n) is 3.37. The lowest BCUT2D eigenvalue weighted by Gasteiger charge is -2.32. The molecular weight excluding hydrogens is 234 g/mol. The molecule has 2 rings (SSSR count). The zero-order chi connectivity index (χ0) is 13.3. The molecule has 96 valence electrons. The van der Waals surface area contributed by atoms with Gasteiger partial charge in [0.25, 0.3) is 5.91 Å². The van der Waals surface area contributed by atoms with Crippen molar-refractivity contribution >= 4 is 17.7 Å². The number of carbonyl (C=O) groups excluding carboxylic acids is 1. The third kappa shape index (κ3) is 1.90. The van der Waals surface area contributed by atoms with Crippen molar-refractivity contribution in [1.82, 2.24) is 4.98 Å². The number of nitrogens with zero attached hydrogens (tertiary/aromatic N) is 2. The van der Waals surface area contributed by atoms with Gasteiger partial charge in [0.1, 0.15) is 17.1 Å². The van der Waals surface area contributed by atoms with Crippen molar-refractivity contribution in [3.8, 4) is 0 Å². The number of primary amides is 1. The van der Waals surface area contributed by atoms with Crippen LogP contribution in [0.5, 0.6) is 0 Å². The van der Waals surface area contributed by atoms with E-state index >= 15 is 0 Å². The van der Waals surface area contributed by atoms with E-state index < -0.39 is 17.4 Å². The fourth-order valence-electron chi connectivity index (χ4n) is 2.26. The van der Waals surface area contributed by atoms with Crippen LogP contribution in [0.25, 0.3) is 0 Å². The van der Waals surface area contributed by atoms with Crippen LogP contribution in [0, 0.1) is 0 Å². The molecule has 1 aromatic heterocycles. The first-order valence-corrected chi connectivity index (χ1v) is 5.73.